The predicted molar refractivity (Wildman–Crippen MR) is 139 cm³/mol. The van der Waals surface area contributed by atoms with Gasteiger partial charge in [0, 0.05) is 24.2 Å². The van der Waals surface area contributed by atoms with E-state index in [-0.39, 0.29) is 17.0 Å². The predicted octanol–water partition coefficient (Wildman–Crippen LogP) is 3.22. The molecule has 36 heavy (non-hydrogen) atoms. The van der Waals surface area contributed by atoms with Crippen LogP contribution in [0.5, 0.6) is 0 Å². The van der Waals surface area contributed by atoms with Gasteiger partial charge in [-0.25, -0.2) is 18.2 Å². The number of aromatic nitrogens is 2. The van der Waals surface area contributed by atoms with Gasteiger partial charge in [-0.15, -0.1) is 0 Å². The number of sulfonamides is 1. The summed E-state index contributed by atoms with van der Waals surface area (Å²) in [5.74, 6) is -0.498. The van der Waals surface area contributed by atoms with Crippen LogP contribution in [-0.4, -0.2) is 30.7 Å². The van der Waals surface area contributed by atoms with Crippen molar-refractivity contribution in [3.63, 3.8) is 0 Å². The van der Waals surface area contributed by atoms with E-state index in [9.17, 15) is 18.0 Å². The Bertz CT molecular complexity index is 1530. The van der Waals surface area contributed by atoms with Crippen molar-refractivity contribution in [1.82, 2.24) is 15.1 Å². The van der Waals surface area contributed by atoms with Crippen LogP contribution in [0.3, 0.4) is 0 Å². The second-order valence-corrected chi connectivity index (χ2v) is 9.71. The largest absolute Gasteiger partial charge is 0.352 e. The third-order valence-electron chi connectivity index (χ3n) is 5.74. The van der Waals surface area contributed by atoms with E-state index in [0.717, 1.165) is 11.1 Å². The highest BCUT2D eigenvalue weighted by Gasteiger charge is 2.24. The molecule has 0 saturated carbocycles. The van der Waals surface area contributed by atoms with Crippen LogP contribution in [-0.2, 0) is 23.0 Å². The van der Waals surface area contributed by atoms with Crippen LogP contribution in [0.15, 0.2) is 94.6 Å². The lowest BCUT2D eigenvalue weighted by Gasteiger charge is -2.17. The number of hydrogen-bond acceptors (Lipinski definition) is 5. The molecule has 4 aromatic rings. The van der Waals surface area contributed by atoms with Gasteiger partial charge in [-0.2, -0.15) is 5.10 Å². The SMILES string of the molecule is CCn1nc(-c2ccccc2)c(-c2ccccc2)c(C(=O)NCCc2ccc(S(N)(=O)=O)cc2)c1=O. The molecule has 0 atom stereocenters. The molecule has 1 amide bonds. The lowest BCUT2D eigenvalue weighted by atomic mass is 9.95. The maximum atomic E-state index is 13.4. The molecular weight excluding hydrogens is 476 g/mol. The Balaban J connectivity index is 1.70. The van der Waals surface area contributed by atoms with E-state index in [0.29, 0.717) is 29.8 Å². The van der Waals surface area contributed by atoms with Gasteiger partial charge in [-0.1, -0.05) is 72.8 Å². The summed E-state index contributed by atoms with van der Waals surface area (Å²) >= 11 is 0. The first-order chi connectivity index (χ1) is 17.3. The fraction of sp³-hybridized carbons (Fsp3) is 0.148. The molecule has 0 aliphatic rings. The number of benzene rings is 3. The summed E-state index contributed by atoms with van der Waals surface area (Å²) in [7, 11) is -3.77. The molecule has 1 aromatic heterocycles. The van der Waals surface area contributed by atoms with Crippen molar-refractivity contribution in [3.8, 4) is 22.4 Å². The van der Waals surface area contributed by atoms with E-state index in [2.05, 4.69) is 10.4 Å². The molecule has 8 nitrogen and oxygen atoms in total. The zero-order valence-electron chi connectivity index (χ0n) is 19.7. The highest BCUT2D eigenvalue weighted by molar-refractivity contribution is 7.89. The summed E-state index contributed by atoms with van der Waals surface area (Å²) < 4.78 is 24.2. The van der Waals surface area contributed by atoms with Crippen LogP contribution in [0.2, 0.25) is 0 Å². The molecule has 0 unspecified atom stereocenters. The smallest absolute Gasteiger partial charge is 0.280 e. The van der Waals surface area contributed by atoms with Crippen LogP contribution in [0, 0.1) is 0 Å². The van der Waals surface area contributed by atoms with Crippen molar-refractivity contribution in [2.24, 2.45) is 5.14 Å². The molecule has 3 N–H and O–H groups in total. The van der Waals surface area contributed by atoms with E-state index in [4.69, 9.17) is 5.14 Å². The topological polar surface area (TPSA) is 124 Å². The minimum absolute atomic E-state index is 0.0214. The second kappa shape index (κ2) is 10.7. The molecule has 0 bridgehead atoms. The average Bonchev–Trinajstić information content (AvgIpc) is 2.89. The Hall–Kier alpha value is -4.08. The Morgan fingerprint density at radius 3 is 2.06 bits per heavy atom. The summed E-state index contributed by atoms with van der Waals surface area (Å²) in [6.45, 7) is 2.36. The molecule has 4 rings (SSSR count). The summed E-state index contributed by atoms with van der Waals surface area (Å²) in [5.41, 5.74) is 2.91. The maximum absolute atomic E-state index is 13.4. The standard InChI is InChI=1S/C27H26N4O4S/c1-2-31-27(33)24(26(32)29-18-17-19-13-15-22(16-14-19)36(28,34)35)23(20-9-5-3-6-10-20)25(30-31)21-11-7-4-8-12-21/h3-16H,2,17-18H2,1H3,(H,29,32)(H2,28,34,35). The Morgan fingerprint density at radius 2 is 1.50 bits per heavy atom. The van der Waals surface area contributed by atoms with E-state index >= 15 is 0 Å². The third kappa shape index (κ3) is 5.42. The van der Waals surface area contributed by atoms with Gasteiger partial charge in [0.1, 0.15) is 5.56 Å². The zero-order chi connectivity index (χ0) is 25.7. The molecule has 1 heterocycles. The lowest BCUT2D eigenvalue weighted by molar-refractivity contribution is 0.0952. The maximum Gasteiger partial charge on any atom is 0.280 e. The summed E-state index contributed by atoms with van der Waals surface area (Å²) in [6, 6.07) is 24.9. The number of aryl methyl sites for hydroxylation is 1. The van der Waals surface area contributed by atoms with Gasteiger partial charge in [0.15, 0.2) is 0 Å². The molecule has 184 valence electrons. The average molecular weight is 503 g/mol. The van der Waals surface area contributed by atoms with Crippen LogP contribution in [0.4, 0.5) is 0 Å². The van der Waals surface area contributed by atoms with Crippen molar-refractivity contribution in [1.29, 1.82) is 0 Å². The van der Waals surface area contributed by atoms with Crippen molar-refractivity contribution in [2.75, 3.05) is 6.54 Å². The number of nitrogens with two attached hydrogens (primary N) is 1. The van der Waals surface area contributed by atoms with Gasteiger partial charge in [0.05, 0.1) is 10.6 Å². The van der Waals surface area contributed by atoms with Gasteiger partial charge in [-0.3, -0.25) is 9.59 Å². The quantitative estimate of drug-likeness (QED) is 0.383. The number of rotatable bonds is 8. The summed E-state index contributed by atoms with van der Waals surface area (Å²) in [5, 5.41) is 12.6. The molecule has 0 spiro atoms. The summed E-state index contributed by atoms with van der Waals surface area (Å²) in [4.78, 5) is 26.8. The van der Waals surface area contributed by atoms with Gasteiger partial charge >= 0.3 is 0 Å². The number of primary sulfonamides is 1. The molecule has 0 fully saturated rings. The second-order valence-electron chi connectivity index (χ2n) is 8.15. The third-order valence-corrected chi connectivity index (χ3v) is 6.67. The highest BCUT2D eigenvalue weighted by atomic mass is 32.2. The van der Waals surface area contributed by atoms with Gasteiger partial charge in [0.2, 0.25) is 10.0 Å². The number of nitrogens with zero attached hydrogens (tertiary/aromatic N) is 2. The minimum atomic E-state index is -3.77. The van der Waals surface area contributed by atoms with Crippen LogP contribution >= 0.6 is 0 Å². The van der Waals surface area contributed by atoms with Crippen LogP contribution < -0.4 is 16.0 Å². The number of carbonyl (C=O) groups is 1. The van der Waals surface area contributed by atoms with Crippen molar-refractivity contribution in [2.45, 2.75) is 24.8 Å². The molecule has 3 aromatic carbocycles. The first kappa shape index (κ1) is 25.0. The normalized spacial score (nSPS) is 11.3. The van der Waals surface area contributed by atoms with Crippen LogP contribution in [0.1, 0.15) is 22.8 Å². The van der Waals surface area contributed by atoms with Crippen molar-refractivity contribution < 1.29 is 13.2 Å². The van der Waals surface area contributed by atoms with E-state index in [1.54, 1.807) is 19.1 Å². The Morgan fingerprint density at radius 1 is 0.917 bits per heavy atom. The molecule has 0 saturated heterocycles. The number of amides is 1. The Labute approximate surface area is 209 Å². The van der Waals surface area contributed by atoms with Crippen LogP contribution in [0.25, 0.3) is 22.4 Å². The molecule has 0 aliphatic carbocycles. The first-order valence-electron chi connectivity index (χ1n) is 11.5. The van der Waals surface area contributed by atoms with Gasteiger partial charge < -0.3 is 5.32 Å². The van der Waals surface area contributed by atoms with E-state index in [1.165, 1.54) is 16.8 Å². The minimum Gasteiger partial charge on any atom is -0.352 e. The number of carbonyl (C=O) groups excluding carboxylic acids is 1. The fourth-order valence-electron chi connectivity index (χ4n) is 3.93. The van der Waals surface area contributed by atoms with E-state index in [1.807, 2.05) is 60.7 Å². The first-order valence-corrected chi connectivity index (χ1v) is 13.0. The lowest BCUT2D eigenvalue weighted by Crippen LogP contribution is -2.36. The zero-order valence-corrected chi connectivity index (χ0v) is 20.5. The van der Waals surface area contributed by atoms with Crippen molar-refractivity contribution in [3.05, 3.63) is 106 Å². The van der Waals surface area contributed by atoms with Gasteiger partial charge in [-0.05, 0) is 36.6 Å². The molecular formula is C27H26N4O4S. The number of nitrogens with one attached hydrogen (secondary N) is 1. The molecule has 0 radical (unpaired) electrons. The van der Waals surface area contributed by atoms with Gasteiger partial charge in [0.25, 0.3) is 11.5 Å². The van der Waals surface area contributed by atoms with E-state index < -0.39 is 21.5 Å². The molecule has 9 heteroatoms. The fourth-order valence-corrected chi connectivity index (χ4v) is 4.45. The monoisotopic (exact) mass is 502 g/mol. The highest BCUT2D eigenvalue weighted by Crippen LogP contribution is 2.32. The summed E-state index contributed by atoms with van der Waals surface area (Å²) in [6.07, 6.45) is 0.440. The molecule has 0 aliphatic heterocycles. The van der Waals surface area contributed by atoms with Crippen molar-refractivity contribution >= 4 is 15.9 Å². The Kier molecular flexibility index (Phi) is 7.42. The number of hydrogen-bond donors (Lipinski definition) is 2.